The van der Waals surface area contributed by atoms with E-state index in [9.17, 15) is 18.6 Å². The first-order chi connectivity index (χ1) is 15.2. The Labute approximate surface area is 199 Å². The van der Waals surface area contributed by atoms with Crippen molar-refractivity contribution in [1.29, 1.82) is 0 Å². The van der Waals surface area contributed by atoms with Crippen LogP contribution in [-0.4, -0.2) is 77.1 Å². The van der Waals surface area contributed by atoms with Gasteiger partial charge in [-0.2, -0.15) is 11.8 Å². The zero-order chi connectivity index (χ0) is 23.6. The van der Waals surface area contributed by atoms with Gasteiger partial charge in [-0.15, -0.1) is 0 Å². The van der Waals surface area contributed by atoms with Gasteiger partial charge in [-0.1, -0.05) is 6.42 Å². The van der Waals surface area contributed by atoms with E-state index in [2.05, 4.69) is 25.5 Å². The molecule has 32 heavy (non-hydrogen) atoms. The summed E-state index contributed by atoms with van der Waals surface area (Å²) in [4.78, 5) is 35.3. The molecule has 4 amide bonds. The number of thioether (sulfide) groups is 1. The molecule has 2 heterocycles. The molecule has 2 saturated heterocycles. The van der Waals surface area contributed by atoms with Gasteiger partial charge >= 0.3 is 6.03 Å². The summed E-state index contributed by atoms with van der Waals surface area (Å²) < 4.78 is 16.2. The van der Waals surface area contributed by atoms with Gasteiger partial charge in [0, 0.05) is 41.7 Å². The molecule has 2 aliphatic heterocycles. The summed E-state index contributed by atoms with van der Waals surface area (Å²) in [6.07, 6.45) is 5.23. The van der Waals surface area contributed by atoms with E-state index in [4.69, 9.17) is 16.9 Å². The lowest BCUT2D eigenvalue weighted by Crippen LogP contribution is -2.42. The average molecular weight is 510 g/mol. The first-order valence-electron chi connectivity index (χ1n) is 11.0. The van der Waals surface area contributed by atoms with E-state index in [1.165, 1.54) is 7.11 Å². The molecule has 0 bridgehead atoms. The normalized spacial score (nSPS) is 24.7. The molecule has 2 fully saturated rings. The van der Waals surface area contributed by atoms with Gasteiger partial charge in [0.15, 0.2) is 0 Å². The highest BCUT2D eigenvalue weighted by molar-refractivity contribution is 8.30. The number of hydrogen-bond acceptors (Lipinski definition) is 8. The fourth-order valence-electron chi connectivity index (χ4n) is 3.72. The smallest absolute Gasteiger partial charge is 0.315 e. The summed E-state index contributed by atoms with van der Waals surface area (Å²) in [5.41, 5.74) is 5.86. The van der Waals surface area contributed by atoms with Crippen molar-refractivity contribution < 1.29 is 22.8 Å². The lowest BCUT2D eigenvalue weighted by molar-refractivity contribution is -0.123. The largest absolute Gasteiger partial charge is 0.356 e. The zero-order valence-corrected chi connectivity index (χ0v) is 20.9. The van der Waals surface area contributed by atoms with Crippen molar-refractivity contribution in [3.8, 4) is 0 Å². The molecule has 13 heteroatoms. The Morgan fingerprint density at radius 3 is 2.78 bits per heavy atom. The van der Waals surface area contributed by atoms with Crippen LogP contribution in [0.1, 0.15) is 44.9 Å². The molecule has 6 N–H and O–H groups in total. The molecule has 1 unspecified atom stereocenters. The molecular formula is C19H35N5O5S3. The zero-order valence-electron chi connectivity index (χ0n) is 18.4. The molecule has 2 aliphatic rings. The standard InChI is InChI=1S/C19H35N5O5S3/c1-29-32(28,30)11-10-22-18(26)13(20)6-4-5-9-21-16(25)8-3-2-7-15-17-14(12-31-15)23-19(27)24-17/h13-15,17H,2-12,20H2,1H3,(H,21,25)(H,22,26)(H2,23,24,27)/t13-,14-,15-,17+,32?/m1/s1. The highest BCUT2D eigenvalue weighted by Gasteiger charge is 2.42. The van der Waals surface area contributed by atoms with Gasteiger partial charge in [0.05, 0.1) is 31.0 Å². The van der Waals surface area contributed by atoms with Crippen molar-refractivity contribution in [2.24, 2.45) is 5.73 Å². The van der Waals surface area contributed by atoms with E-state index in [-0.39, 0.29) is 42.2 Å². The average Bonchev–Trinajstić information content (AvgIpc) is 3.29. The Hall–Kier alpha value is -1.15. The summed E-state index contributed by atoms with van der Waals surface area (Å²) in [6.45, 7) is 0.712. The number of nitrogens with two attached hydrogens (primary N) is 1. The molecule has 0 aliphatic carbocycles. The van der Waals surface area contributed by atoms with Crippen molar-refractivity contribution in [3.63, 3.8) is 0 Å². The summed E-state index contributed by atoms with van der Waals surface area (Å²) in [5.74, 6) is 0.738. The first-order valence-corrected chi connectivity index (χ1v) is 14.6. The maximum Gasteiger partial charge on any atom is 0.315 e. The molecule has 184 valence electrons. The van der Waals surface area contributed by atoms with Crippen LogP contribution >= 0.6 is 11.8 Å². The number of hydrogen-bond donors (Lipinski definition) is 5. The summed E-state index contributed by atoms with van der Waals surface area (Å²) in [7, 11) is -1.49. The quantitative estimate of drug-likeness (QED) is 0.150. The number of amides is 4. The number of carbonyl (C=O) groups excluding carboxylic acids is 3. The topological polar surface area (TPSA) is 152 Å². The number of urea groups is 1. The molecule has 0 aromatic heterocycles. The summed E-state index contributed by atoms with van der Waals surface area (Å²) in [6, 6.07) is -0.275. The van der Waals surface area contributed by atoms with Gasteiger partial charge in [-0.05, 0) is 32.1 Å². The van der Waals surface area contributed by atoms with Gasteiger partial charge < -0.3 is 27.0 Å². The first kappa shape index (κ1) is 27.1. The highest BCUT2D eigenvalue weighted by atomic mass is 32.8. The van der Waals surface area contributed by atoms with E-state index in [1.54, 1.807) is 0 Å². The van der Waals surface area contributed by atoms with Crippen molar-refractivity contribution in [2.45, 2.75) is 68.3 Å². The van der Waals surface area contributed by atoms with Gasteiger partial charge in [0.25, 0.3) is 0 Å². The number of nitrogens with one attached hydrogen (secondary N) is 4. The number of carbonyl (C=O) groups is 3. The molecule has 0 aromatic carbocycles. The Balaban J connectivity index is 1.44. The molecule has 2 rings (SSSR count). The minimum absolute atomic E-state index is 0.0329. The van der Waals surface area contributed by atoms with Gasteiger partial charge in [-0.3, -0.25) is 13.8 Å². The minimum Gasteiger partial charge on any atom is -0.356 e. The van der Waals surface area contributed by atoms with E-state index in [1.807, 2.05) is 11.8 Å². The monoisotopic (exact) mass is 509 g/mol. The maximum absolute atomic E-state index is 12.0. The molecule has 0 saturated carbocycles. The van der Waals surface area contributed by atoms with Crippen LogP contribution < -0.4 is 27.0 Å². The fraction of sp³-hybridized carbons (Fsp3) is 0.842. The van der Waals surface area contributed by atoms with Crippen molar-refractivity contribution >= 4 is 49.6 Å². The summed E-state index contributed by atoms with van der Waals surface area (Å²) >= 11 is 6.62. The second-order valence-electron chi connectivity index (χ2n) is 8.04. The van der Waals surface area contributed by atoms with Crippen molar-refractivity contribution in [3.05, 3.63) is 0 Å². The van der Waals surface area contributed by atoms with E-state index >= 15 is 0 Å². The summed E-state index contributed by atoms with van der Waals surface area (Å²) in [5, 5.41) is 11.9. The molecule has 0 radical (unpaired) electrons. The van der Waals surface area contributed by atoms with Crippen LogP contribution in [0.5, 0.6) is 0 Å². The van der Waals surface area contributed by atoms with Crippen molar-refractivity contribution in [1.82, 2.24) is 21.3 Å². The van der Waals surface area contributed by atoms with Crippen LogP contribution in [0, 0.1) is 0 Å². The maximum atomic E-state index is 12.0. The Morgan fingerprint density at radius 1 is 1.25 bits per heavy atom. The molecular weight excluding hydrogens is 474 g/mol. The third kappa shape index (κ3) is 9.38. The SMILES string of the molecule is COS(=O)(=S)CCNC(=O)[C@H](N)CCCCNC(=O)CCCC[C@H]1SC[C@H]2NC(=O)N[C@@H]21. The molecule has 5 atom stereocenters. The number of rotatable bonds is 15. The second-order valence-corrected chi connectivity index (χ2v) is 12.7. The number of unbranched alkanes of at least 4 members (excludes halogenated alkanes) is 2. The lowest BCUT2D eigenvalue weighted by Gasteiger charge is -2.16. The minimum atomic E-state index is -2.77. The third-order valence-corrected chi connectivity index (χ3v) is 9.22. The van der Waals surface area contributed by atoms with Crippen LogP contribution in [0.4, 0.5) is 4.79 Å². The molecule has 0 spiro atoms. The molecule has 0 aromatic rings. The van der Waals surface area contributed by atoms with Gasteiger partial charge in [0.2, 0.25) is 11.8 Å². The van der Waals surface area contributed by atoms with Crippen LogP contribution in [0.2, 0.25) is 0 Å². The van der Waals surface area contributed by atoms with E-state index < -0.39 is 14.8 Å². The highest BCUT2D eigenvalue weighted by Crippen LogP contribution is 2.33. The Kier molecular flexibility index (Phi) is 11.5. The Morgan fingerprint density at radius 2 is 2.03 bits per heavy atom. The van der Waals surface area contributed by atoms with Crippen LogP contribution in [0.25, 0.3) is 0 Å². The van der Waals surface area contributed by atoms with Crippen molar-refractivity contribution in [2.75, 3.05) is 31.7 Å². The van der Waals surface area contributed by atoms with Gasteiger partial charge in [0.1, 0.15) is 8.77 Å². The van der Waals surface area contributed by atoms with Crippen LogP contribution in [0.15, 0.2) is 0 Å². The third-order valence-electron chi connectivity index (χ3n) is 5.59. The lowest BCUT2D eigenvalue weighted by atomic mass is 10.0. The van der Waals surface area contributed by atoms with E-state index in [0.717, 1.165) is 31.4 Å². The van der Waals surface area contributed by atoms with Gasteiger partial charge in [-0.25, -0.2) is 9.00 Å². The fourth-order valence-corrected chi connectivity index (χ4v) is 6.04. The second kappa shape index (κ2) is 13.5. The predicted molar refractivity (Wildman–Crippen MR) is 129 cm³/mol. The Bertz CT molecular complexity index is 752. The number of fused-ring (bicyclic) bond motifs is 1. The predicted octanol–water partition coefficient (Wildman–Crippen LogP) is -0.250. The molecule has 10 nitrogen and oxygen atoms in total. The van der Waals surface area contributed by atoms with Crippen LogP contribution in [0.3, 0.4) is 0 Å². The van der Waals surface area contributed by atoms with E-state index in [0.29, 0.717) is 31.1 Å². The van der Waals surface area contributed by atoms with Crippen LogP contribution in [-0.2, 0) is 33.7 Å².